The molecule has 9 nitrogen and oxygen atoms in total. The Hall–Kier alpha value is -4.70. The second-order valence-electron chi connectivity index (χ2n) is 10.9. The highest BCUT2D eigenvalue weighted by Gasteiger charge is 2.57. The van der Waals surface area contributed by atoms with Gasteiger partial charge in [0.2, 0.25) is 11.8 Å². The molecule has 3 aromatic rings. The van der Waals surface area contributed by atoms with Crippen LogP contribution in [0.3, 0.4) is 0 Å². The molecule has 42 heavy (non-hydrogen) atoms. The van der Waals surface area contributed by atoms with Gasteiger partial charge in [-0.1, -0.05) is 48.0 Å². The number of phenolic OH excluding ortho intramolecular Hbond substituents is 1. The zero-order valence-electron chi connectivity index (χ0n) is 21.8. The molecule has 208 valence electrons. The Kier molecular flexibility index (Phi) is 5.88. The Morgan fingerprint density at radius 2 is 1.67 bits per heavy atom. The molecular weight excluding hydrogens is 604 g/mol. The zero-order chi connectivity index (χ0) is 29.4. The molecule has 4 aliphatic rings. The van der Waals surface area contributed by atoms with Crippen LogP contribution in [0.2, 0.25) is 0 Å². The lowest BCUT2D eigenvalue weighted by molar-refractivity contribution is -0.384. The summed E-state index contributed by atoms with van der Waals surface area (Å²) in [5, 5.41) is 24.0. The van der Waals surface area contributed by atoms with Gasteiger partial charge < -0.3 is 5.11 Å². The molecule has 7 rings (SSSR count). The van der Waals surface area contributed by atoms with E-state index < -0.39 is 40.4 Å². The fourth-order valence-corrected chi connectivity index (χ4v) is 7.49. The molecule has 2 amide bonds. The van der Waals surface area contributed by atoms with E-state index in [1.54, 1.807) is 18.2 Å². The standard InChI is InChI=1S/C32H21BrN2O7/c33-24-14-25(36)28-23(30(24)38)13-22-19(26(28)20-10-5-15-3-1-2-4-18(15)29(20)37)11-12-21-27(22)32(40)34(31(21)39)16-6-8-17(9-7-16)35(41)42/h1-11,14,21-22,26-27,37H,12-13H2. The van der Waals surface area contributed by atoms with Gasteiger partial charge in [-0.3, -0.25) is 34.2 Å². The summed E-state index contributed by atoms with van der Waals surface area (Å²) < 4.78 is 0.119. The van der Waals surface area contributed by atoms with E-state index in [9.17, 15) is 34.4 Å². The van der Waals surface area contributed by atoms with Gasteiger partial charge in [0.1, 0.15) is 5.75 Å². The van der Waals surface area contributed by atoms with Gasteiger partial charge in [0.25, 0.3) is 5.69 Å². The molecule has 1 N–H and O–H groups in total. The highest BCUT2D eigenvalue weighted by Crippen LogP contribution is 2.57. The van der Waals surface area contributed by atoms with Crippen LogP contribution < -0.4 is 4.90 Å². The van der Waals surface area contributed by atoms with Gasteiger partial charge in [-0.15, -0.1) is 0 Å². The van der Waals surface area contributed by atoms with Gasteiger partial charge in [-0.25, -0.2) is 0 Å². The van der Waals surface area contributed by atoms with Crippen LogP contribution in [-0.2, 0) is 19.2 Å². The summed E-state index contributed by atoms with van der Waals surface area (Å²) >= 11 is 3.22. The van der Waals surface area contributed by atoms with Crippen LogP contribution in [0.4, 0.5) is 11.4 Å². The lowest BCUT2D eigenvalue weighted by atomic mass is 9.59. The molecule has 1 fully saturated rings. The second kappa shape index (κ2) is 9.42. The van der Waals surface area contributed by atoms with Gasteiger partial charge in [0, 0.05) is 46.2 Å². The van der Waals surface area contributed by atoms with E-state index in [2.05, 4.69) is 15.9 Å². The number of hydrogen-bond donors (Lipinski definition) is 1. The number of carbonyl (C=O) groups is 4. The lowest BCUT2D eigenvalue weighted by Crippen LogP contribution is -2.39. The average Bonchev–Trinajstić information content (AvgIpc) is 3.25. The topological polar surface area (TPSA) is 135 Å². The fourth-order valence-electron chi connectivity index (χ4n) is 7.04. The first-order valence-corrected chi connectivity index (χ1v) is 14.2. The first-order chi connectivity index (χ1) is 20.2. The fraction of sp³-hybridized carbons (Fsp3) is 0.188. The van der Waals surface area contributed by atoms with Crippen molar-refractivity contribution in [3.8, 4) is 5.75 Å². The summed E-state index contributed by atoms with van der Waals surface area (Å²) in [6.07, 6.45) is 3.46. The third kappa shape index (κ3) is 3.68. The largest absolute Gasteiger partial charge is 0.507 e. The quantitative estimate of drug-likeness (QED) is 0.135. The van der Waals surface area contributed by atoms with Crippen LogP contribution in [0.1, 0.15) is 24.3 Å². The van der Waals surface area contributed by atoms with Crippen LogP contribution in [0.5, 0.6) is 5.75 Å². The number of carbonyl (C=O) groups excluding carboxylic acids is 4. The molecular formula is C32H21BrN2O7. The highest BCUT2D eigenvalue weighted by atomic mass is 79.9. The smallest absolute Gasteiger partial charge is 0.269 e. The molecule has 10 heteroatoms. The Balaban J connectivity index is 1.37. The molecule has 3 aromatic carbocycles. The lowest BCUT2D eigenvalue weighted by Gasteiger charge is -2.42. The number of fused-ring (bicyclic) bond motifs is 4. The predicted octanol–water partition coefficient (Wildman–Crippen LogP) is 5.42. The number of Topliss-reactive ketones (excluding diaryl/α,β-unsaturated/α-hetero) is 1. The minimum Gasteiger partial charge on any atom is -0.507 e. The maximum Gasteiger partial charge on any atom is 0.269 e. The van der Waals surface area contributed by atoms with Crippen molar-refractivity contribution in [2.45, 2.75) is 18.8 Å². The van der Waals surface area contributed by atoms with Crippen LogP contribution >= 0.6 is 15.9 Å². The van der Waals surface area contributed by atoms with E-state index >= 15 is 0 Å². The van der Waals surface area contributed by atoms with E-state index in [0.29, 0.717) is 10.9 Å². The molecule has 0 spiro atoms. The summed E-state index contributed by atoms with van der Waals surface area (Å²) in [5.74, 6) is -4.44. The third-order valence-corrected chi connectivity index (χ3v) is 9.48. The van der Waals surface area contributed by atoms with Crippen LogP contribution in [0, 0.1) is 27.9 Å². The first-order valence-electron chi connectivity index (χ1n) is 13.4. The molecule has 0 aromatic heterocycles. The number of nitro benzene ring substituents is 1. The monoisotopic (exact) mass is 624 g/mol. The van der Waals surface area contributed by atoms with Gasteiger partial charge in [-0.05, 0) is 52.2 Å². The van der Waals surface area contributed by atoms with Crippen molar-refractivity contribution in [2.24, 2.45) is 17.8 Å². The number of non-ortho nitro benzene ring substituents is 1. The number of halogens is 1. The number of anilines is 1. The summed E-state index contributed by atoms with van der Waals surface area (Å²) in [6, 6.07) is 16.1. The van der Waals surface area contributed by atoms with Crippen molar-refractivity contribution < 1.29 is 29.2 Å². The van der Waals surface area contributed by atoms with E-state index in [1.807, 2.05) is 24.3 Å². The first kappa shape index (κ1) is 26.2. The number of hydrogen-bond acceptors (Lipinski definition) is 7. The summed E-state index contributed by atoms with van der Waals surface area (Å²) in [6.45, 7) is 0. The minimum atomic E-state index is -0.806. The maximum atomic E-state index is 14.0. The van der Waals surface area contributed by atoms with Gasteiger partial charge >= 0.3 is 0 Å². The van der Waals surface area contributed by atoms with Crippen molar-refractivity contribution in [3.63, 3.8) is 0 Å². The molecule has 1 saturated heterocycles. The number of imide groups is 1. The Bertz CT molecular complexity index is 1890. The molecule has 0 bridgehead atoms. The number of aromatic hydroxyl groups is 1. The normalized spacial score (nSPS) is 25.2. The predicted molar refractivity (Wildman–Crippen MR) is 156 cm³/mol. The molecule has 1 heterocycles. The van der Waals surface area contributed by atoms with E-state index in [0.717, 1.165) is 15.9 Å². The Labute approximate surface area is 247 Å². The number of phenols is 1. The third-order valence-electron chi connectivity index (χ3n) is 8.89. The van der Waals surface area contributed by atoms with Gasteiger partial charge in [0.15, 0.2) is 11.6 Å². The molecule has 3 aliphatic carbocycles. The van der Waals surface area contributed by atoms with E-state index in [1.165, 1.54) is 30.3 Å². The van der Waals surface area contributed by atoms with Crippen molar-refractivity contribution in [3.05, 3.63) is 110 Å². The summed E-state index contributed by atoms with van der Waals surface area (Å²) in [4.78, 5) is 66.1. The summed E-state index contributed by atoms with van der Waals surface area (Å²) in [7, 11) is 0. The van der Waals surface area contributed by atoms with Crippen molar-refractivity contribution in [1.82, 2.24) is 0 Å². The average molecular weight is 625 g/mol. The van der Waals surface area contributed by atoms with Crippen molar-refractivity contribution in [2.75, 3.05) is 4.90 Å². The Morgan fingerprint density at radius 3 is 2.40 bits per heavy atom. The van der Waals surface area contributed by atoms with Gasteiger partial charge in [-0.2, -0.15) is 0 Å². The van der Waals surface area contributed by atoms with Gasteiger partial charge in [0.05, 0.1) is 26.9 Å². The van der Waals surface area contributed by atoms with Crippen LogP contribution in [0.15, 0.2) is 94.0 Å². The number of rotatable bonds is 3. The molecule has 1 aliphatic heterocycles. The molecule has 0 saturated carbocycles. The molecule has 4 atom stereocenters. The molecule has 4 unspecified atom stereocenters. The van der Waals surface area contributed by atoms with Crippen LogP contribution in [0.25, 0.3) is 10.8 Å². The number of ketones is 2. The number of amides is 2. The van der Waals surface area contributed by atoms with E-state index in [4.69, 9.17) is 0 Å². The van der Waals surface area contributed by atoms with E-state index in [-0.39, 0.29) is 57.2 Å². The van der Waals surface area contributed by atoms with Crippen molar-refractivity contribution >= 4 is 61.5 Å². The Morgan fingerprint density at radius 1 is 0.929 bits per heavy atom. The number of benzene rings is 3. The van der Waals surface area contributed by atoms with Crippen molar-refractivity contribution in [1.29, 1.82) is 0 Å². The number of nitrogens with zero attached hydrogens (tertiary/aromatic N) is 2. The van der Waals surface area contributed by atoms with Crippen LogP contribution in [-0.4, -0.2) is 33.4 Å². The molecule has 0 radical (unpaired) electrons. The second-order valence-corrected chi connectivity index (χ2v) is 11.8. The SMILES string of the molecule is O=C1C=C(Br)C(=O)C2=C1C(c1ccc3ccccc3c1O)C1=CCC3C(=O)N(c4ccc([N+](=O)[O-])cc4)C(=O)C3C1C2. The number of allylic oxidation sites excluding steroid dienone is 6. The zero-order valence-corrected chi connectivity index (χ0v) is 23.4. The minimum absolute atomic E-state index is 0.0103. The maximum absolute atomic E-state index is 14.0. The highest BCUT2D eigenvalue weighted by molar-refractivity contribution is 9.12. The number of nitro groups is 1. The summed E-state index contributed by atoms with van der Waals surface area (Å²) in [5.41, 5.74) is 1.79.